The Morgan fingerprint density at radius 2 is 1.86 bits per heavy atom. The molecule has 0 aliphatic carbocycles. The number of aromatic nitrogens is 2. The van der Waals surface area contributed by atoms with Gasteiger partial charge in [-0.1, -0.05) is 41.3 Å². The van der Waals surface area contributed by atoms with Crippen LogP contribution >= 0.6 is 23.1 Å². The SMILES string of the molecule is Cc1cccc(C)c1NC(=O)CNC(=O)C(C)Sc1nnc(NCC(F)(F)F)s1. The number of hydrogen-bond donors (Lipinski definition) is 3. The smallest absolute Gasteiger partial charge is 0.351 e. The number of aryl methyl sites for hydroxylation is 2. The number of halogens is 3. The minimum absolute atomic E-state index is 0.0189. The van der Waals surface area contributed by atoms with Crippen molar-refractivity contribution in [1.82, 2.24) is 15.5 Å². The fraction of sp³-hybridized carbons (Fsp3) is 0.412. The van der Waals surface area contributed by atoms with Crippen LogP contribution in [0.4, 0.5) is 24.0 Å². The molecule has 158 valence electrons. The van der Waals surface area contributed by atoms with E-state index in [2.05, 4.69) is 26.1 Å². The highest BCUT2D eigenvalue weighted by Gasteiger charge is 2.27. The predicted octanol–water partition coefficient (Wildman–Crippen LogP) is 3.36. The standard InChI is InChI=1S/C17H20F3N5O2S2/c1-9-5-4-6-10(2)13(9)23-12(26)7-21-14(27)11(3)28-16-25-24-15(29-16)22-8-17(18,19)20/h4-6,11H,7-8H2,1-3H3,(H,21,27)(H,22,24)(H,23,26). The maximum atomic E-state index is 12.2. The Bertz CT molecular complexity index is 853. The lowest BCUT2D eigenvalue weighted by molar-refractivity contribution is -0.123. The Hall–Kier alpha value is -2.34. The topological polar surface area (TPSA) is 96.0 Å². The van der Waals surface area contributed by atoms with E-state index in [-0.39, 0.29) is 17.6 Å². The van der Waals surface area contributed by atoms with Gasteiger partial charge in [-0.3, -0.25) is 9.59 Å². The van der Waals surface area contributed by atoms with E-state index in [0.717, 1.165) is 34.2 Å². The van der Waals surface area contributed by atoms with Crippen molar-refractivity contribution in [3.05, 3.63) is 29.3 Å². The van der Waals surface area contributed by atoms with Gasteiger partial charge in [0.25, 0.3) is 0 Å². The van der Waals surface area contributed by atoms with Gasteiger partial charge in [-0.2, -0.15) is 13.2 Å². The minimum atomic E-state index is -4.36. The largest absolute Gasteiger partial charge is 0.405 e. The molecule has 1 heterocycles. The van der Waals surface area contributed by atoms with E-state index in [9.17, 15) is 22.8 Å². The second-order valence-corrected chi connectivity index (χ2v) is 8.70. The molecule has 29 heavy (non-hydrogen) atoms. The summed E-state index contributed by atoms with van der Waals surface area (Å²) < 4.78 is 36.9. The number of carbonyl (C=O) groups is 2. The van der Waals surface area contributed by atoms with Crippen molar-refractivity contribution in [2.75, 3.05) is 23.7 Å². The fourth-order valence-corrected chi connectivity index (χ4v) is 4.13. The van der Waals surface area contributed by atoms with Crippen LogP contribution in [0.25, 0.3) is 0 Å². The zero-order chi connectivity index (χ0) is 21.6. The number of nitrogens with one attached hydrogen (secondary N) is 3. The maximum absolute atomic E-state index is 12.2. The fourth-order valence-electron chi connectivity index (χ4n) is 2.22. The van der Waals surface area contributed by atoms with E-state index in [0.29, 0.717) is 10.0 Å². The van der Waals surface area contributed by atoms with Gasteiger partial charge in [0.05, 0.1) is 11.8 Å². The second kappa shape index (κ2) is 9.92. The molecule has 1 unspecified atom stereocenters. The summed E-state index contributed by atoms with van der Waals surface area (Å²) in [6, 6.07) is 5.64. The van der Waals surface area contributed by atoms with Gasteiger partial charge in [0.1, 0.15) is 6.54 Å². The predicted molar refractivity (Wildman–Crippen MR) is 107 cm³/mol. The van der Waals surface area contributed by atoms with Crippen LogP contribution in [0.1, 0.15) is 18.1 Å². The number of rotatable bonds is 8. The van der Waals surface area contributed by atoms with Crippen molar-refractivity contribution in [2.45, 2.75) is 36.5 Å². The average Bonchev–Trinajstić information content (AvgIpc) is 3.08. The van der Waals surface area contributed by atoms with Crippen molar-refractivity contribution < 1.29 is 22.8 Å². The molecule has 0 spiro atoms. The molecule has 0 bridgehead atoms. The molecule has 0 aliphatic heterocycles. The summed E-state index contributed by atoms with van der Waals surface area (Å²) in [5.41, 5.74) is 2.54. The van der Waals surface area contributed by atoms with Crippen LogP contribution in [0.3, 0.4) is 0 Å². The zero-order valence-electron chi connectivity index (χ0n) is 15.9. The van der Waals surface area contributed by atoms with Crippen LogP contribution in [0.2, 0.25) is 0 Å². The summed E-state index contributed by atoms with van der Waals surface area (Å²) >= 11 is 1.97. The van der Waals surface area contributed by atoms with Crippen LogP contribution in [0, 0.1) is 13.8 Å². The minimum Gasteiger partial charge on any atom is -0.351 e. The number of carbonyl (C=O) groups excluding carboxylic acids is 2. The molecular formula is C17H20F3N5O2S2. The van der Waals surface area contributed by atoms with E-state index in [1.165, 1.54) is 0 Å². The molecule has 2 amide bonds. The first-order chi connectivity index (χ1) is 13.5. The van der Waals surface area contributed by atoms with E-state index in [4.69, 9.17) is 0 Å². The Balaban J connectivity index is 1.80. The number of alkyl halides is 3. The van der Waals surface area contributed by atoms with Crippen molar-refractivity contribution in [3.63, 3.8) is 0 Å². The molecule has 0 radical (unpaired) electrons. The van der Waals surface area contributed by atoms with E-state index >= 15 is 0 Å². The molecule has 1 atom stereocenters. The Morgan fingerprint density at radius 3 is 2.48 bits per heavy atom. The lowest BCUT2D eigenvalue weighted by atomic mass is 10.1. The average molecular weight is 448 g/mol. The zero-order valence-corrected chi connectivity index (χ0v) is 17.5. The normalized spacial score (nSPS) is 12.3. The van der Waals surface area contributed by atoms with E-state index in [1.54, 1.807) is 6.92 Å². The molecule has 2 aromatic rings. The van der Waals surface area contributed by atoms with E-state index < -0.39 is 23.9 Å². The Kier molecular flexibility index (Phi) is 7.85. The first kappa shape index (κ1) is 22.9. The van der Waals surface area contributed by atoms with Gasteiger partial charge in [0.2, 0.25) is 16.9 Å². The van der Waals surface area contributed by atoms with Crippen molar-refractivity contribution >= 4 is 45.7 Å². The lowest BCUT2D eigenvalue weighted by Gasteiger charge is -2.13. The molecular weight excluding hydrogens is 427 g/mol. The van der Waals surface area contributed by atoms with Crippen LogP contribution < -0.4 is 16.0 Å². The van der Waals surface area contributed by atoms with Gasteiger partial charge < -0.3 is 16.0 Å². The first-order valence-corrected chi connectivity index (χ1v) is 10.2. The highest BCUT2D eigenvalue weighted by atomic mass is 32.2. The molecule has 3 N–H and O–H groups in total. The number of para-hydroxylation sites is 1. The number of thioether (sulfide) groups is 1. The molecule has 0 saturated carbocycles. The van der Waals surface area contributed by atoms with Gasteiger partial charge in [-0.25, -0.2) is 0 Å². The third kappa shape index (κ3) is 7.54. The number of amides is 2. The molecule has 12 heteroatoms. The number of benzene rings is 1. The third-order valence-corrected chi connectivity index (χ3v) is 5.73. The number of anilines is 2. The van der Waals surface area contributed by atoms with Crippen molar-refractivity contribution in [2.24, 2.45) is 0 Å². The Morgan fingerprint density at radius 1 is 1.21 bits per heavy atom. The van der Waals surface area contributed by atoms with Crippen LogP contribution in [0.15, 0.2) is 22.5 Å². The van der Waals surface area contributed by atoms with Gasteiger partial charge in [-0.05, 0) is 31.9 Å². The highest BCUT2D eigenvalue weighted by molar-refractivity contribution is 8.02. The summed E-state index contributed by atoms with van der Waals surface area (Å²) in [5, 5.41) is 14.2. The molecule has 1 aromatic heterocycles. The lowest BCUT2D eigenvalue weighted by Crippen LogP contribution is -2.37. The van der Waals surface area contributed by atoms with Gasteiger partial charge in [-0.15, -0.1) is 10.2 Å². The summed E-state index contributed by atoms with van der Waals surface area (Å²) in [5.74, 6) is -0.755. The first-order valence-electron chi connectivity index (χ1n) is 8.49. The maximum Gasteiger partial charge on any atom is 0.405 e. The monoisotopic (exact) mass is 447 g/mol. The molecule has 2 rings (SSSR count). The molecule has 1 aromatic carbocycles. The van der Waals surface area contributed by atoms with Crippen molar-refractivity contribution in [1.29, 1.82) is 0 Å². The highest BCUT2D eigenvalue weighted by Crippen LogP contribution is 2.29. The summed E-state index contributed by atoms with van der Waals surface area (Å²) in [4.78, 5) is 24.3. The van der Waals surface area contributed by atoms with Gasteiger partial charge in [0.15, 0.2) is 4.34 Å². The van der Waals surface area contributed by atoms with Crippen LogP contribution in [0.5, 0.6) is 0 Å². The van der Waals surface area contributed by atoms with E-state index in [1.807, 2.05) is 32.0 Å². The van der Waals surface area contributed by atoms with Crippen LogP contribution in [-0.2, 0) is 9.59 Å². The molecule has 7 nitrogen and oxygen atoms in total. The Labute approximate surface area is 173 Å². The second-order valence-electron chi connectivity index (χ2n) is 6.13. The molecule has 0 aliphatic rings. The molecule has 0 saturated heterocycles. The number of nitrogens with zero attached hydrogens (tertiary/aromatic N) is 2. The quantitative estimate of drug-likeness (QED) is 0.537. The summed E-state index contributed by atoms with van der Waals surface area (Å²) in [6.45, 7) is 3.94. The number of hydrogen-bond acceptors (Lipinski definition) is 7. The van der Waals surface area contributed by atoms with Crippen molar-refractivity contribution in [3.8, 4) is 0 Å². The summed E-state index contributed by atoms with van der Waals surface area (Å²) in [7, 11) is 0. The molecule has 0 fully saturated rings. The van der Waals surface area contributed by atoms with Gasteiger partial charge in [0, 0.05) is 5.69 Å². The van der Waals surface area contributed by atoms with Gasteiger partial charge >= 0.3 is 6.18 Å². The third-order valence-electron chi connectivity index (χ3n) is 3.66. The van der Waals surface area contributed by atoms with Crippen LogP contribution in [-0.4, -0.2) is 46.5 Å². The summed E-state index contributed by atoms with van der Waals surface area (Å²) in [6.07, 6.45) is -4.36.